The number of nitrogens with one attached hydrogen (secondary N) is 1. The highest BCUT2D eigenvalue weighted by Crippen LogP contribution is 2.35. The van der Waals surface area contributed by atoms with E-state index in [0.717, 1.165) is 19.3 Å². The first kappa shape index (κ1) is 18.8. The number of amides is 2. The molecule has 0 radical (unpaired) electrons. The van der Waals surface area contributed by atoms with Crippen molar-refractivity contribution in [2.45, 2.75) is 51.7 Å². The number of allylic oxidation sites excluding steroid dienone is 1. The smallest absolute Gasteiger partial charge is 0.338 e. The average molecular weight is 377 g/mol. The van der Waals surface area contributed by atoms with Gasteiger partial charge >= 0.3 is 12.0 Å². The number of nitrogens with zero attached hydrogens (tertiary/aromatic N) is 1. The van der Waals surface area contributed by atoms with Crippen molar-refractivity contribution in [2.75, 3.05) is 7.05 Å². The van der Waals surface area contributed by atoms with Crippen molar-refractivity contribution in [2.24, 2.45) is 5.92 Å². The number of hydrogen-bond acceptors (Lipinski definition) is 3. The highest BCUT2D eigenvalue weighted by atomic mass is 35.5. The summed E-state index contributed by atoms with van der Waals surface area (Å²) in [6.45, 7) is 3.95. The molecule has 0 spiro atoms. The number of carbonyl (C=O) groups excluding carboxylic acids is 2. The van der Waals surface area contributed by atoms with Gasteiger partial charge in [0.2, 0.25) is 0 Å². The Morgan fingerprint density at radius 3 is 2.73 bits per heavy atom. The summed E-state index contributed by atoms with van der Waals surface area (Å²) >= 11 is 6.33. The largest absolute Gasteiger partial charge is 0.459 e. The molecule has 26 heavy (non-hydrogen) atoms. The molecule has 1 aliphatic heterocycles. The van der Waals surface area contributed by atoms with Gasteiger partial charge in [-0.2, -0.15) is 0 Å². The number of urea groups is 1. The number of carbonyl (C=O) groups is 2. The van der Waals surface area contributed by atoms with Crippen LogP contribution >= 0.6 is 11.6 Å². The number of ether oxygens (including phenoxy) is 1. The third-order valence-electron chi connectivity index (χ3n) is 5.35. The van der Waals surface area contributed by atoms with E-state index in [2.05, 4.69) is 12.2 Å². The van der Waals surface area contributed by atoms with E-state index in [1.165, 1.54) is 11.3 Å². The van der Waals surface area contributed by atoms with Crippen LogP contribution < -0.4 is 5.32 Å². The summed E-state index contributed by atoms with van der Waals surface area (Å²) in [5.41, 5.74) is 1.73. The van der Waals surface area contributed by atoms with Gasteiger partial charge in [0.15, 0.2) is 0 Å². The van der Waals surface area contributed by atoms with Crippen molar-refractivity contribution in [1.29, 1.82) is 0 Å². The lowest BCUT2D eigenvalue weighted by atomic mass is 9.88. The summed E-state index contributed by atoms with van der Waals surface area (Å²) in [4.78, 5) is 26.8. The van der Waals surface area contributed by atoms with E-state index in [4.69, 9.17) is 16.3 Å². The zero-order valence-corrected chi connectivity index (χ0v) is 16.2. The van der Waals surface area contributed by atoms with Crippen molar-refractivity contribution in [1.82, 2.24) is 10.2 Å². The molecule has 140 valence electrons. The average Bonchev–Trinajstić information content (AvgIpc) is 2.59. The molecule has 1 aromatic carbocycles. The second-order valence-electron chi connectivity index (χ2n) is 7.26. The maximum atomic E-state index is 13.0. The van der Waals surface area contributed by atoms with Gasteiger partial charge in [-0.15, -0.1) is 0 Å². The van der Waals surface area contributed by atoms with Crippen LogP contribution in [0.15, 0.2) is 35.5 Å². The van der Waals surface area contributed by atoms with Crippen LogP contribution in [0, 0.1) is 5.92 Å². The van der Waals surface area contributed by atoms with Crippen molar-refractivity contribution < 1.29 is 14.3 Å². The van der Waals surface area contributed by atoms with Crippen LogP contribution in [0.2, 0.25) is 5.02 Å². The fourth-order valence-corrected chi connectivity index (χ4v) is 3.99. The molecule has 0 aromatic heterocycles. The van der Waals surface area contributed by atoms with Gasteiger partial charge < -0.3 is 15.0 Å². The molecule has 1 fully saturated rings. The molecule has 3 atom stereocenters. The molecule has 5 nitrogen and oxygen atoms in total. The predicted molar refractivity (Wildman–Crippen MR) is 101 cm³/mol. The first-order chi connectivity index (χ1) is 12.4. The molecule has 0 unspecified atom stereocenters. The van der Waals surface area contributed by atoms with Crippen molar-refractivity contribution >= 4 is 23.6 Å². The zero-order valence-electron chi connectivity index (χ0n) is 15.4. The maximum absolute atomic E-state index is 13.0. The van der Waals surface area contributed by atoms with Crippen LogP contribution in [0.25, 0.3) is 0 Å². The molecule has 2 aliphatic rings. The molecule has 0 bridgehead atoms. The number of halogens is 1. The lowest BCUT2D eigenvalue weighted by molar-refractivity contribution is -0.147. The first-order valence-corrected chi connectivity index (χ1v) is 9.46. The maximum Gasteiger partial charge on any atom is 0.338 e. The molecule has 6 heteroatoms. The van der Waals surface area contributed by atoms with Gasteiger partial charge in [-0.3, -0.25) is 0 Å². The van der Waals surface area contributed by atoms with Crippen molar-refractivity contribution in [3.63, 3.8) is 0 Å². The molecular formula is C20H25ClN2O3. The molecule has 1 N–H and O–H groups in total. The van der Waals surface area contributed by atoms with E-state index in [1.54, 1.807) is 20.0 Å². The minimum Gasteiger partial charge on any atom is -0.459 e. The van der Waals surface area contributed by atoms with E-state index in [1.807, 2.05) is 18.2 Å². The highest BCUT2D eigenvalue weighted by Gasteiger charge is 2.37. The van der Waals surface area contributed by atoms with E-state index in [0.29, 0.717) is 27.8 Å². The first-order valence-electron chi connectivity index (χ1n) is 9.09. The second-order valence-corrected chi connectivity index (χ2v) is 7.67. The summed E-state index contributed by atoms with van der Waals surface area (Å²) in [5.74, 6) is 0.183. The Morgan fingerprint density at radius 1 is 1.31 bits per heavy atom. The Balaban J connectivity index is 1.92. The Bertz CT molecular complexity index is 746. The quantitative estimate of drug-likeness (QED) is 0.794. The molecular weight excluding hydrogens is 352 g/mol. The fraction of sp³-hybridized carbons (Fsp3) is 0.500. The number of hydrogen-bond donors (Lipinski definition) is 1. The van der Waals surface area contributed by atoms with Crippen LogP contribution in [0.3, 0.4) is 0 Å². The van der Waals surface area contributed by atoms with Gasteiger partial charge in [0.1, 0.15) is 6.10 Å². The SMILES string of the molecule is CC1=C(C(=O)O[C@H]2CCC[C@H](C)C2)[C@H](c2ccccc2Cl)NC(=O)N1C. The standard InChI is InChI=1S/C20H25ClN2O3/c1-12-7-6-8-14(11-12)26-19(24)17-13(2)23(3)20(25)22-18(17)15-9-4-5-10-16(15)21/h4-5,9-10,12,14,18H,6-8,11H2,1-3H3,(H,22,25)/t12-,14-,18-/m0/s1. The van der Waals surface area contributed by atoms with Gasteiger partial charge in [0.05, 0.1) is 11.6 Å². The molecule has 1 aromatic rings. The second kappa shape index (κ2) is 7.70. The number of benzene rings is 1. The normalized spacial score (nSPS) is 26.5. The topological polar surface area (TPSA) is 58.6 Å². The Morgan fingerprint density at radius 2 is 2.04 bits per heavy atom. The molecule has 0 saturated heterocycles. The number of esters is 1. The lowest BCUT2D eigenvalue weighted by Crippen LogP contribution is -2.46. The van der Waals surface area contributed by atoms with Crippen LogP contribution in [-0.2, 0) is 9.53 Å². The van der Waals surface area contributed by atoms with Crippen LogP contribution in [0.4, 0.5) is 4.79 Å². The number of rotatable bonds is 3. The summed E-state index contributed by atoms with van der Waals surface area (Å²) < 4.78 is 5.83. The third kappa shape index (κ3) is 3.73. The van der Waals surface area contributed by atoms with E-state index >= 15 is 0 Å². The van der Waals surface area contributed by atoms with Crippen molar-refractivity contribution in [3.8, 4) is 0 Å². The van der Waals surface area contributed by atoms with E-state index < -0.39 is 6.04 Å². The Hall–Kier alpha value is -2.01. The van der Waals surface area contributed by atoms with Gasteiger partial charge in [0, 0.05) is 17.8 Å². The van der Waals surface area contributed by atoms with Gasteiger partial charge in [-0.25, -0.2) is 9.59 Å². The van der Waals surface area contributed by atoms with Gasteiger partial charge in [-0.1, -0.05) is 43.1 Å². The van der Waals surface area contributed by atoms with Crippen LogP contribution in [-0.4, -0.2) is 30.1 Å². The molecule has 3 rings (SSSR count). The zero-order chi connectivity index (χ0) is 18.8. The monoisotopic (exact) mass is 376 g/mol. The molecule has 1 heterocycles. The minimum atomic E-state index is -0.610. The fourth-order valence-electron chi connectivity index (χ4n) is 3.74. The Kier molecular flexibility index (Phi) is 5.56. The van der Waals surface area contributed by atoms with E-state index in [9.17, 15) is 9.59 Å². The molecule has 1 saturated carbocycles. The van der Waals surface area contributed by atoms with Gasteiger partial charge in [0.25, 0.3) is 0 Å². The molecule has 2 amide bonds. The summed E-state index contributed by atoms with van der Waals surface area (Å²) in [6.07, 6.45) is 3.96. The minimum absolute atomic E-state index is 0.0682. The van der Waals surface area contributed by atoms with Crippen molar-refractivity contribution in [3.05, 3.63) is 46.1 Å². The van der Waals surface area contributed by atoms with E-state index in [-0.39, 0.29) is 18.1 Å². The Labute approximate surface area is 159 Å². The molecule has 1 aliphatic carbocycles. The summed E-state index contributed by atoms with van der Waals surface area (Å²) in [6, 6.07) is 6.36. The lowest BCUT2D eigenvalue weighted by Gasteiger charge is -2.35. The third-order valence-corrected chi connectivity index (χ3v) is 5.70. The van der Waals surface area contributed by atoms with Gasteiger partial charge in [-0.05, 0) is 43.7 Å². The highest BCUT2D eigenvalue weighted by molar-refractivity contribution is 6.31. The van der Waals surface area contributed by atoms with Crippen LogP contribution in [0.1, 0.15) is 51.1 Å². The summed E-state index contributed by atoms with van der Waals surface area (Å²) in [5, 5.41) is 3.38. The predicted octanol–water partition coefficient (Wildman–Crippen LogP) is 4.43. The van der Waals surface area contributed by atoms with Crippen LogP contribution in [0.5, 0.6) is 0 Å². The summed E-state index contributed by atoms with van der Waals surface area (Å²) in [7, 11) is 1.64.